The van der Waals surface area contributed by atoms with Crippen molar-refractivity contribution in [2.75, 3.05) is 47.4 Å². The lowest BCUT2D eigenvalue weighted by molar-refractivity contribution is 0.0827. The van der Waals surface area contributed by atoms with Gasteiger partial charge in [-0.25, -0.2) is 0 Å². The van der Waals surface area contributed by atoms with Crippen molar-refractivity contribution in [3.05, 3.63) is 71.3 Å². The molecule has 2 aromatic rings. The van der Waals surface area contributed by atoms with Crippen LogP contribution in [-0.2, 0) is 17.8 Å². The minimum Gasteiger partial charge on any atom is -0.376 e. The van der Waals surface area contributed by atoms with Gasteiger partial charge >= 0.3 is 0 Å². The molecule has 0 aromatic heterocycles. The highest BCUT2D eigenvalue weighted by Crippen LogP contribution is 2.17. The van der Waals surface area contributed by atoms with Crippen molar-refractivity contribution in [3.8, 4) is 0 Å². The second-order valence-electron chi connectivity index (χ2n) is 8.23. The van der Waals surface area contributed by atoms with Gasteiger partial charge in [0.15, 0.2) is 5.96 Å². The second-order valence-corrected chi connectivity index (χ2v) is 8.23. The Balaban J connectivity index is 1.41. The zero-order valence-corrected chi connectivity index (χ0v) is 18.9. The van der Waals surface area contributed by atoms with E-state index in [-0.39, 0.29) is 5.91 Å². The Kier molecular flexibility index (Phi) is 8.47. The maximum atomic E-state index is 12.2. The van der Waals surface area contributed by atoms with E-state index < -0.39 is 0 Å². The third-order valence-corrected chi connectivity index (χ3v) is 5.54. The molecule has 1 heterocycles. The summed E-state index contributed by atoms with van der Waals surface area (Å²) in [5, 5.41) is 3.47. The van der Waals surface area contributed by atoms with Gasteiger partial charge in [-0.1, -0.05) is 42.5 Å². The summed E-state index contributed by atoms with van der Waals surface area (Å²) in [6.07, 6.45) is 1.95. The van der Waals surface area contributed by atoms with Crippen LogP contribution in [0.3, 0.4) is 0 Å². The first-order chi connectivity index (χ1) is 15.1. The van der Waals surface area contributed by atoms with Crippen LogP contribution in [-0.4, -0.2) is 69.1 Å². The normalized spacial score (nSPS) is 16.4. The number of ether oxygens (including phenoxy) is 1. The van der Waals surface area contributed by atoms with Gasteiger partial charge in [-0.15, -0.1) is 0 Å². The fourth-order valence-electron chi connectivity index (χ4n) is 3.85. The molecule has 3 rings (SSSR count). The molecular formula is C25H34N4O2. The van der Waals surface area contributed by atoms with E-state index in [0.29, 0.717) is 12.5 Å². The molecule has 1 aliphatic rings. The predicted molar refractivity (Wildman–Crippen MR) is 125 cm³/mol. The van der Waals surface area contributed by atoms with Crippen LogP contribution in [0.4, 0.5) is 0 Å². The molecule has 1 fully saturated rings. The van der Waals surface area contributed by atoms with E-state index in [2.05, 4.69) is 33.4 Å². The minimum atomic E-state index is 0.0308. The number of likely N-dealkylation sites (tertiary alicyclic amines) is 1. The van der Waals surface area contributed by atoms with E-state index in [1.165, 1.54) is 5.56 Å². The smallest absolute Gasteiger partial charge is 0.253 e. The Morgan fingerprint density at radius 2 is 1.94 bits per heavy atom. The highest BCUT2D eigenvalue weighted by molar-refractivity contribution is 5.94. The summed E-state index contributed by atoms with van der Waals surface area (Å²) in [6, 6.07) is 18.2. The van der Waals surface area contributed by atoms with Crippen LogP contribution < -0.4 is 5.32 Å². The monoisotopic (exact) mass is 422 g/mol. The Hall–Kier alpha value is -2.86. The van der Waals surface area contributed by atoms with E-state index in [9.17, 15) is 4.79 Å². The lowest BCUT2D eigenvalue weighted by Gasteiger charge is -2.22. The number of benzene rings is 2. The maximum absolute atomic E-state index is 12.2. The molecule has 2 aromatic carbocycles. The molecule has 0 bridgehead atoms. The fraction of sp³-hybridized carbons (Fsp3) is 0.440. The Bertz CT molecular complexity index is 867. The highest BCUT2D eigenvalue weighted by Gasteiger charge is 2.24. The lowest BCUT2D eigenvalue weighted by atomic mass is 10.1. The summed E-state index contributed by atoms with van der Waals surface area (Å²) < 4.78 is 5.93. The van der Waals surface area contributed by atoms with Gasteiger partial charge in [0.05, 0.1) is 13.2 Å². The second kappa shape index (κ2) is 11.5. The van der Waals surface area contributed by atoms with Crippen molar-refractivity contribution in [3.63, 3.8) is 0 Å². The average molecular weight is 423 g/mol. The Morgan fingerprint density at radius 3 is 2.68 bits per heavy atom. The predicted octanol–water partition coefficient (Wildman–Crippen LogP) is 3.05. The standard InChI is InChI=1S/C25H34N4O2/c1-26-25(27-14-12-20-10-7-11-23(16-20)24(30)28(2)3)29-15-13-22(17-29)19-31-18-21-8-5-4-6-9-21/h4-11,16,22H,12-15,17-19H2,1-3H3,(H,26,27). The summed E-state index contributed by atoms with van der Waals surface area (Å²) in [5.41, 5.74) is 3.08. The summed E-state index contributed by atoms with van der Waals surface area (Å²) in [5.74, 6) is 1.49. The topological polar surface area (TPSA) is 57.2 Å². The quantitative estimate of drug-likeness (QED) is 0.525. The molecule has 31 heavy (non-hydrogen) atoms. The molecule has 0 radical (unpaired) electrons. The van der Waals surface area contributed by atoms with Gasteiger partial charge in [0, 0.05) is 52.3 Å². The van der Waals surface area contributed by atoms with E-state index in [4.69, 9.17) is 4.74 Å². The first-order valence-corrected chi connectivity index (χ1v) is 10.9. The number of amides is 1. The third kappa shape index (κ3) is 6.82. The molecule has 1 atom stereocenters. The molecule has 0 saturated carbocycles. The molecule has 1 unspecified atom stereocenters. The summed E-state index contributed by atoms with van der Waals surface area (Å²) in [6.45, 7) is 4.17. The minimum absolute atomic E-state index is 0.0308. The van der Waals surface area contributed by atoms with Gasteiger partial charge in [0.25, 0.3) is 5.91 Å². The highest BCUT2D eigenvalue weighted by atomic mass is 16.5. The molecule has 166 valence electrons. The van der Waals surface area contributed by atoms with Crippen LogP contribution in [0.5, 0.6) is 0 Å². The summed E-state index contributed by atoms with van der Waals surface area (Å²) in [4.78, 5) is 20.5. The molecule has 1 aliphatic heterocycles. The number of rotatable bonds is 8. The van der Waals surface area contributed by atoms with E-state index >= 15 is 0 Å². The molecule has 0 spiro atoms. The Labute approximate surface area is 185 Å². The number of carbonyl (C=O) groups excluding carboxylic acids is 1. The molecule has 1 saturated heterocycles. The number of aliphatic imine (C=N–C) groups is 1. The number of nitrogens with zero attached hydrogens (tertiary/aromatic N) is 3. The van der Waals surface area contributed by atoms with Gasteiger partial charge in [-0.2, -0.15) is 0 Å². The number of carbonyl (C=O) groups is 1. The van der Waals surface area contributed by atoms with Gasteiger partial charge in [-0.05, 0) is 36.1 Å². The maximum Gasteiger partial charge on any atom is 0.253 e. The molecule has 6 nitrogen and oxygen atoms in total. The fourth-order valence-corrected chi connectivity index (χ4v) is 3.85. The summed E-state index contributed by atoms with van der Waals surface area (Å²) >= 11 is 0. The lowest BCUT2D eigenvalue weighted by Crippen LogP contribution is -2.41. The van der Waals surface area contributed by atoms with E-state index in [1.54, 1.807) is 19.0 Å². The molecule has 1 amide bonds. The van der Waals surface area contributed by atoms with Crippen LogP contribution in [0.15, 0.2) is 59.6 Å². The van der Waals surface area contributed by atoms with Crippen LogP contribution in [0.1, 0.15) is 27.9 Å². The van der Waals surface area contributed by atoms with Crippen molar-refractivity contribution in [2.24, 2.45) is 10.9 Å². The molecule has 1 N–H and O–H groups in total. The van der Waals surface area contributed by atoms with Crippen molar-refractivity contribution >= 4 is 11.9 Å². The number of hydrogen-bond acceptors (Lipinski definition) is 3. The van der Waals surface area contributed by atoms with Crippen molar-refractivity contribution < 1.29 is 9.53 Å². The van der Waals surface area contributed by atoms with Gasteiger partial charge in [-0.3, -0.25) is 9.79 Å². The molecular weight excluding hydrogens is 388 g/mol. The van der Waals surface area contributed by atoms with Crippen molar-refractivity contribution in [1.82, 2.24) is 15.1 Å². The summed E-state index contributed by atoms with van der Waals surface area (Å²) in [7, 11) is 5.38. The largest absolute Gasteiger partial charge is 0.376 e. The molecule has 6 heteroatoms. The number of guanidine groups is 1. The number of nitrogens with one attached hydrogen (secondary N) is 1. The van der Waals surface area contributed by atoms with Gasteiger partial charge in [0.2, 0.25) is 0 Å². The van der Waals surface area contributed by atoms with E-state index in [1.807, 2.05) is 43.4 Å². The Morgan fingerprint density at radius 1 is 1.16 bits per heavy atom. The van der Waals surface area contributed by atoms with Gasteiger partial charge in [0.1, 0.15) is 0 Å². The zero-order chi connectivity index (χ0) is 22.1. The van der Waals surface area contributed by atoms with Crippen LogP contribution >= 0.6 is 0 Å². The van der Waals surface area contributed by atoms with Crippen LogP contribution in [0.25, 0.3) is 0 Å². The van der Waals surface area contributed by atoms with Gasteiger partial charge < -0.3 is 19.9 Å². The first-order valence-electron chi connectivity index (χ1n) is 10.9. The number of hydrogen-bond donors (Lipinski definition) is 1. The first kappa shape index (κ1) is 22.8. The van der Waals surface area contributed by atoms with Crippen LogP contribution in [0.2, 0.25) is 0 Å². The molecule has 0 aliphatic carbocycles. The van der Waals surface area contributed by atoms with E-state index in [0.717, 1.165) is 56.2 Å². The van der Waals surface area contributed by atoms with Crippen molar-refractivity contribution in [1.29, 1.82) is 0 Å². The van der Waals surface area contributed by atoms with Crippen molar-refractivity contribution in [2.45, 2.75) is 19.4 Å². The average Bonchev–Trinajstić information content (AvgIpc) is 3.25. The van der Waals surface area contributed by atoms with Crippen LogP contribution in [0, 0.1) is 5.92 Å². The third-order valence-electron chi connectivity index (χ3n) is 5.54. The zero-order valence-electron chi connectivity index (χ0n) is 18.9. The SMILES string of the molecule is CN=C(NCCc1cccc(C(=O)N(C)C)c1)N1CCC(COCc2ccccc2)C1.